The van der Waals surface area contributed by atoms with Gasteiger partial charge in [0.15, 0.2) is 6.10 Å². The Morgan fingerprint density at radius 1 is 1.03 bits per heavy atom. The van der Waals surface area contributed by atoms with Gasteiger partial charge in [-0.15, -0.1) is 13.2 Å². The molecule has 11 heteroatoms. The van der Waals surface area contributed by atoms with Crippen molar-refractivity contribution in [3.63, 3.8) is 0 Å². The lowest BCUT2D eigenvalue weighted by Gasteiger charge is -2.33. The monoisotopic (exact) mass is 526 g/mol. The van der Waals surface area contributed by atoms with Crippen molar-refractivity contribution in [1.29, 1.82) is 0 Å². The number of nitrogens with zero attached hydrogens (tertiary/aromatic N) is 2. The highest BCUT2D eigenvalue weighted by Crippen LogP contribution is 2.48. The van der Waals surface area contributed by atoms with Gasteiger partial charge in [0.2, 0.25) is 5.88 Å². The number of fused-ring (bicyclic) bond motifs is 1. The number of anilines is 1. The lowest BCUT2D eigenvalue weighted by atomic mass is 9.72. The van der Waals surface area contributed by atoms with E-state index in [1.165, 1.54) is 29.3 Å². The lowest BCUT2D eigenvalue weighted by molar-refractivity contribution is -0.274. The minimum Gasteiger partial charge on any atom is -0.478 e. The van der Waals surface area contributed by atoms with E-state index in [1.54, 1.807) is 49.4 Å². The van der Waals surface area contributed by atoms with E-state index in [2.05, 4.69) is 9.72 Å². The molecular weight excluding hydrogens is 502 g/mol. The molecule has 1 aliphatic rings. The quantitative estimate of drug-likeness (QED) is 0.385. The van der Waals surface area contributed by atoms with Crippen molar-refractivity contribution in [2.45, 2.75) is 37.4 Å². The summed E-state index contributed by atoms with van der Waals surface area (Å²) < 4.78 is 87.9. The number of aromatic nitrogens is 1. The molecular formula is C26H24F6N2O3. The maximum Gasteiger partial charge on any atom is 0.573 e. The van der Waals surface area contributed by atoms with Crippen molar-refractivity contribution in [2.75, 3.05) is 24.6 Å². The summed E-state index contributed by atoms with van der Waals surface area (Å²) in [6, 6.07) is 15.7. The molecule has 37 heavy (non-hydrogen) atoms. The predicted octanol–water partition coefficient (Wildman–Crippen LogP) is 5.65. The molecule has 1 unspecified atom stereocenters. The number of para-hydroxylation sites is 1. The number of alkyl halides is 6. The van der Waals surface area contributed by atoms with Gasteiger partial charge < -0.3 is 19.5 Å². The zero-order valence-corrected chi connectivity index (χ0v) is 19.7. The molecule has 0 aliphatic carbocycles. The number of aliphatic hydroxyl groups is 1. The highest BCUT2D eigenvalue weighted by Gasteiger charge is 2.47. The summed E-state index contributed by atoms with van der Waals surface area (Å²) in [5.74, 6) is -0.0969. The van der Waals surface area contributed by atoms with E-state index in [-0.39, 0.29) is 13.0 Å². The van der Waals surface area contributed by atoms with Gasteiger partial charge in [0.25, 0.3) is 0 Å². The average Bonchev–Trinajstić information content (AvgIpc) is 3.12. The molecule has 0 saturated heterocycles. The fourth-order valence-electron chi connectivity index (χ4n) is 4.76. The fraction of sp³-hybridized carbons (Fsp3) is 0.346. The van der Waals surface area contributed by atoms with Crippen LogP contribution in [0.3, 0.4) is 0 Å². The van der Waals surface area contributed by atoms with Crippen molar-refractivity contribution in [2.24, 2.45) is 0 Å². The van der Waals surface area contributed by atoms with Crippen molar-refractivity contribution in [3.05, 3.63) is 83.6 Å². The molecule has 2 heterocycles. The Bertz CT molecular complexity index is 1230. The van der Waals surface area contributed by atoms with Crippen LogP contribution in [0.1, 0.15) is 23.6 Å². The van der Waals surface area contributed by atoms with E-state index in [9.17, 15) is 31.4 Å². The van der Waals surface area contributed by atoms with E-state index < -0.39 is 36.4 Å². The molecule has 1 aliphatic heterocycles. The maximum atomic E-state index is 13.3. The molecule has 2 atom stereocenters. The lowest BCUT2D eigenvalue weighted by Crippen LogP contribution is -2.44. The first kappa shape index (κ1) is 26.6. The number of rotatable bonds is 8. The summed E-state index contributed by atoms with van der Waals surface area (Å²) in [6.07, 6.45) is -10.6. The molecule has 3 aromatic rings. The highest BCUT2D eigenvalue weighted by molar-refractivity contribution is 5.67. The number of pyridine rings is 1. The summed E-state index contributed by atoms with van der Waals surface area (Å²) >= 11 is 0. The molecule has 0 fully saturated rings. The van der Waals surface area contributed by atoms with Crippen LogP contribution >= 0.6 is 0 Å². The van der Waals surface area contributed by atoms with Gasteiger partial charge in [-0.1, -0.05) is 30.3 Å². The molecule has 2 aromatic carbocycles. The van der Waals surface area contributed by atoms with Gasteiger partial charge in [0.05, 0.1) is 13.2 Å². The largest absolute Gasteiger partial charge is 0.573 e. The van der Waals surface area contributed by atoms with E-state index in [4.69, 9.17) is 4.74 Å². The Kier molecular flexibility index (Phi) is 7.27. The topological polar surface area (TPSA) is 54.8 Å². The van der Waals surface area contributed by atoms with Gasteiger partial charge in [-0.05, 0) is 54.3 Å². The number of aliphatic hydroxyl groups excluding tert-OH is 1. The molecule has 1 N–H and O–H groups in total. The van der Waals surface area contributed by atoms with Crippen LogP contribution in [0.2, 0.25) is 0 Å². The third-order valence-electron chi connectivity index (χ3n) is 6.21. The molecule has 0 radical (unpaired) electrons. The van der Waals surface area contributed by atoms with E-state index in [0.29, 0.717) is 34.9 Å². The van der Waals surface area contributed by atoms with E-state index in [0.717, 1.165) is 0 Å². The van der Waals surface area contributed by atoms with Gasteiger partial charge in [0, 0.05) is 29.9 Å². The molecule has 5 nitrogen and oxygen atoms in total. The van der Waals surface area contributed by atoms with Crippen LogP contribution in [0.25, 0.3) is 0 Å². The molecule has 0 bridgehead atoms. The Morgan fingerprint density at radius 3 is 2.49 bits per heavy atom. The van der Waals surface area contributed by atoms with Crippen LogP contribution in [-0.4, -0.2) is 48.4 Å². The first-order valence-electron chi connectivity index (χ1n) is 11.4. The molecule has 4 rings (SSSR count). The van der Waals surface area contributed by atoms with Crippen LogP contribution in [0.4, 0.5) is 32.0 Å². The Labute approximate surface area is 209 Å². The smallest absolute Gasteiger partial charge is 0.478 e. The Hall–Kier alpha value is -3.47. The first-order valence-corrected chi connectivity index (χ1v) is 11.4. The van der Waals surface area contributed by atoms with Crippen LogP contribution in [0.5, 0.6) is 11.6 Å². The third kappa shape index (κ3) is 5.93. The molecule has 198 valence electrons. The predicted molar refractivity (Wildman–Crippen MR) is 124 cm³/mol. The Balaban J connectivity index is 1.82. The highest BCUT2D eigenvalue weighted by atomic mass is 19.4. The van der Waals surface area contributed by atoms with Gasteiger partial charge >= 0.3 is 12.5 Å². The van der Waals surface area contributed by atoms with Gasteiger partial charge in [-0.3, -0.25) is 0 Å². The fourth-order valence-corrected chi connectivity index (χ4v) is 4.76. The first-order chi connectivity index (χ1) is 17.4. The maximum absolute atomic E-state index is 13.3. The summed E-state index contributed by atoms with van der Waals surface area (Å²) in [5.41, 5.74) is 1.30. The normalized spacial score (nSPS) is 18.4. The van der Waals surface area contributed by atoms with Crippen molar-refractivity contribution in [1.82, 2.24) is 4.98 Å². The van der Waals surface area contributed by atoms with Crippen LogP contribution in [-0.2, 0) is 11.8 Å². The molecule has 1 aromatic heterocycles. The van der Waals surface area contributed by atoms with Gasteiger partial charge in [-0.2, -0.15) is 13.2 Å². The number of hydrogen-bond acceptors (Lipinski definition) is 5. The second-order valence-electron chi connectivity index (χ2n) is 8.72. The van der Waals surface area contributed by atoms with Crippen molar-refractivity contribution < 1.29 is 40.9 Å². The summed E-state index contributed by atoms with van der Waals surface area (Å²) in [6.45, 7) is 1.43. The van der Waals surface area contributed by atoms with Gasteiger partial charge in [0.1, 0.15) is 5.75 Å². The zero-order valence-electron chi connectivity index (χ0n) is 19.7. The van der Waals surface area contributed by atoms with Crippen molar-refractivity contribution >= 4 is 5.69 Å². The number of ether oxygens (including phenoxy) is 2. The van der Waals surface area contributed by atoms with Crippen molar-refractivity contribution in [3.8, 4) is 11.6 Å². The standard InChI is InChI=1S/C26H24F6N2O3/c1-2-36-23-13-18(10-11-33-23)24(14-17-6-5-7-19(12-17)37-26(30,31)32)16-34(15-22(35)25(27,28)29)21-9-4-3-8-20(21)24/h3-13,22,35H,2,14-16H2,1H3/t22-,24?/m1/s1. The summed E-state index contributed by atoms with van der Waals surface area (Å²) in [4.78, 5) is 5.63. The van der Waals surface area contributed by atoms with Gasteiger partial charge in [-0.25, -0.2) is 4.98 Å². The van der Waals surface area contributed by atoms with E-state index >= 15 is 0 Å². The zero-order chi connectivity index (χ0) is 26.8. The molecule has 0 amide bonds. The minimum absolute atomic E-state index is 0.0272. The van der Waals surface area contributed by atoms with Crippen LogP contribution in [0.15, 0.2) is 66.9 Å². The molecule has 0 spiro atoms. The van der Waals surface area contributed by atoms with Crippen LogP contribution < -0.4 is 14.4 Å². The second-order valence-corrected chi connectivity index (χ2v) is 8.72. The van der Waals surface area contributed by atoms with Crippen LogP contribution in [0, 0.1) is 0 Å². The number of benzene rings is 2. The average molecular weight is 526 g/mol. The van der Waals surface area contributed by atoms with E-state index in [1.807, 2.05) is 0 Å². The number of β-amino-alcohol motifs (C(OH)–C–C–N with tert-alkyl or cyclic N) is 1. The Morgan fingerprint density at radius 2 is 1.78 bits per heavy atom. The molecule has 0 saturated carbocycles. The summed E-state index contributed by atoms with van der Waals surface area (Å²) in [7, 11) is 0. The minimum atomic E-state index is -4.88. The third-order valence-corrected chi connectivity index (χ3v) is 6.21. The number of hydrogen-bond donors (Lipinski definition) is 1. The second kappa shape index (κ2) is 10.1. The SMILES string of the molecule is CCOc1cc(C2(Cc3cccc(OC(F)(F)F)c3)CN(C[C@@H](O)C(F)(F)F)c3ccccc32)ccn1. The summed E-state index contributed by atoms with van der Waals surface area (Å²) in [5, 5.41) is 9.84. The number of halogens is 6.